The van der Waals surface area contributed by atoms with Crippen molar-refractivity contribution >= 4 is 0 Å². The van der Waals surface area contributed by atoms with E-state index in [1.54, 1.807) is 0 Å². The molecule has 1 N–H and O–H groups in total. The van der Waals surface area contributed by atoms with E-state index in [1.165, 1.54) is 5.57 Å². The molecule has 0 saturated heterocycles. The van der Waals surface area contributed by atoms with Gasteiger partial charge in [-0.15, -0.1) is 0 Å². The Hall–Kier alpha value is -1.00. The predicted molar refractivity (Wildman–Crippen MR) is 59.0 cm³/mol. The molecule has 0 fully saturated rings. The van der Waals surface area contributed by atoms with Crippen LogP contribution < -0.4 is 0 Å². The quantitative estimate of drug-likeness (QED) is 0.660. The Kier molecular flexibility index (Phi) is 4.49. The number of hydrogen-bond acceptors (Lipinski definition) is 1. The Bertz CT molecular complexity index is 310. The molecule has 0 aromatic rings. The third kappa shape index (κ3) is 3.05. The minimum absolute atomic E-state index is 0.369. The Labute approximate surface area is 86.1 Å². The molecular formula is C13H18O. The van der Waals surface area contributed by atoms with E-state index in [0.29, 0.717) is 0 Å². The zero-order valence-electron chi connectivity index (χ0n) is 9.01. The summed E-state index contributed by atoms with van der Waals surface area (Å²) in [5.74, 6) is 0. The van der Waals surface area contributed by atoms with Crippen LogP contribution in [0.1, 0.15) is 39.5 Å². The van der Waals surface area contributed by atoms with Crippen molar-refractivity contribution in [2.75, 3.05) is 0 Å². The summed E-state index contributed by atoms with van der Waals surface area (Å²) < 4.78 is 0. The van der Waals surface area contributed by atoms with Gasteiger partial charge in [-0.05, 0) is 25.0 Å². The first-order valence-electron chi connectivity index (χ1n) is 5.38. The van der Waals surface area contributed by atoms with Gasteiger partial charge in [-0.3, -0.25) is 0 Å². The lowest BCUT2D eigenvalue weighted by Gasteiger charge is -2.09. The second-order valence-corrected chi connectivity index (χ2v) is 3.62. The van der Waals surface area contributed by atoms with Crippen molar-refractivity contribution < 1.29 is 5.11 Å². The van der Waals surface area contributed by atoms with E-state index in [0.717, 1.165) is 31.3 Å². The van der Waals surface area contributed by atoms with Crippen molar-refractivity contribution in [3.8, 4) is 0 Å². The smallest absolute Gasteiger partial charge is 0.0867 e. The first-order chi connectivity index (χ1) is 6.77. The summed E-state index contributed by atoms with van der Waals surface area (Å²) in [6, 6.07) is 0. The van der Waals surface area contributed by atoms with Gasteiger partial charge < -0.3 is 5.11 Å². The van der Waals surface area contributed by atoms with Crippen LogP contribution in [0.15, 0.2) is 34.8 Å². The molecule has 14 heavy (non-hydrogen) atoms. The molecule has 0 aliphatic heterocycles. The summed E-state index contributed by atoms with van der Waals surface area (Å²) >= 11 is 0. The first-order valence-corrected chi connectivity index (χ1v) is 5.38. The highest BCUT2D eigenvalue weighted by atomic mass is 16.3. The zero-order chi connectivity index (χ0) is 10.4. The molecule has 1 heteroatoms. The van der Waals surface area contributed by atoms with Crippen molar-refractivity contribution in [1.29, 1.82) is 0 Å². The maximum absolute atomic E-state index is 9.69. The first kappa shape index (κ1) is 11.1. The lowest BCUT2D eigenvalue weighted by Crippen LogP contribution is -2.07. The molecule has 1 unspecified atom stereocenters. The van der Waals surface area contributed by atoms with Gasteiger partial charge >= 0.3 is 0 Å². The minimum atomic E-state index is -0.369. The molecule has 1 nitrogen and oxygen atoms in total. The average Bonchev–Trinajstić information content (AvgIpc) is 2.20. The molecule has 0 aromatic carbocycles. The van der Waals surface area contributed by atoms with Crippen molar-refractivity contribution in [3.05, 3.63) is 34.8 Å². The van der Waals surface area contributed by atoms with E-state index in [2.05, 4.69) is 25.3 Å². The molecule has 1 aliphatic rings. The Morgan fingerprint density at radius 1 is 1.21 bits per heavy atom. The molecule has 76 valence electrons. The van der Waals surface area contributed by atoms with E-state index in [4.69, 9.17) is 0 Å². The second kappa shape index (κ2) is 5.67. The van der Waals surface area contributed by atoms with Crippen LogP contribution in [0.25, 0.3) is 0 Å². The highest BCUT2D eigenvalue weighted by molar-refractivity contribution is 5.34. The third-order valence-electron chi connectivity index (χ3n) is 2.27. The lowest BCUT2D eigenvalue weighted by atomic mass is 10.0. The molecule has 1 rings (SSSR count). The van der Waals surface area contributed by atoms with Gasteiger partial charge in [-0.1, -0.05) is 38.2 Å². The van der Waals surface area contributed by atoms with Crippen LogP contribution in [0, 0.1) is 0 Å². The molecule has 0 radical (unpaired) electrons. The van der Waals surface area contributed by atoms with Gasteiger partial charge in [0, 0.05) is 11.1 Å². The summed E-state index contributed by atoms with van der Waals surface area (Å²) in [6.07, 6.45) is 7.59. The Balaban J connectivity index is 2.74. The molecule has 0 saturated carbocycles. The Morgan fingerprint density at radius 2 is 2.00 bits per heavy atom. The van der Waals surface area contributed by atoms with Gasteiger partial charge in [0.25, 0.3) is 0 Å². The molecule has 0 spiro atoms. The summed E-state index contributed by atoms with van der Waals surface area (Å²) in [6.45, 7) is 4.21. The van der Waals surface area contributed by atoms with Crippen LogP contribution in [0.4, 0.5) is 0 Å². The van der Waals surface area contributed by atoms with Crippen LogP contribution in [0.3, 0.4) is 0 Å². The number of hydrogen-bond donors (Lipinski definition) is 1. The Morgan fingerprint density at radius 3 is 2.50 bits per heavy atom. The SMILES string of the molecule is CCCC1=C=C=C(C(O)CCC)C=C1. The van der Waals surface area contributed by atoms with E-state index in [-0.39, 0.29) is 6.10 Å². The van der Waals surface area contributed by atoms with Gasteiger partial charge in [0.2, 0.25) is 0 Å². The van der Waals surface area contributed by atoms with E-state index < -0.39 is 0 Å². The number of aliphatic hydroxyl groups excluding tert-OH is 1. The summed E-state index contributed by atoms with van der Waals surface area (Å²) in [7, 11) is 0. The predicted octanol–water partition coefficient (Wildman–Crippen LogP) is 3.12. The van der Waals surface area contributed by atoms with Gasteiger partial charge in [0.1, 0.15) is 0 Å². The molecule has 1 aliphatic carbocycles. The van der Waals surface area contributed by atoms with E-state index in [9.17, 15) is 5.11 Å². The summed E-state index contributed by atoms with van der Waals surface area (Å²) in [4.78, 5) is 0. The topological polar surface area (TPSA) is 20.2 Å². The van der Waals surface area contributed by atoms with E-state index in [1.807, 2.05) is 12.2 Å². The fourth-order valence-corrected chi connectivity index (χ4v) is 1.46. The maximum Gasteiger partial charge on any atom is 0.0867 e. The normalized spacial score (nSPS) is 16.5. The number of rotatable bonds is 5. The fourth-order valence-electron chi connectivity index (χ4n) is 1.46. The van der Waals surface area contributed by atoms with Crippen molar-refractivity contribution in [2.45, 2.75) is 45.6 Å². The van der Waals surface area contributed by atoms with Crippen LogP contribution >= 0.6 is 0 Å². The van der Waals surface area contributed by atoms with Crippen LogP contribution in [-0.2, 0) is 0 Å². The molecule has 0 heterocycles. The molecule has 0 amide bonds. The van der Waals surface area contributed by atoms with Gasteiger partial charge in [0.15, 0.2) is 0 Å². The molecule has 0 aromatic heterocycles. The monoisotopic (exact) mass is 190 g/mol. The van der Waals surface area contributed by atoms with Crippen LogP contribution in [0.2, 0.25) is 0 Å². The second-order valence-electron chi connectivity index (χ2n) is 3.62. The highest BCUT2D eigenvalue weighted by Gasteiger charge is 2.07. The van der Waals surface area contributed by atoms with Crippen molar-refractivity contribution in [1.82, 2.24) is 0 Å². The highest BCUT2D eigenvalue weighted by Crippen LogP contribution is 2.15. The molecular weight excluding hydrogens is 172 g/mol. The molecule has 0 bridgehead atoms. The van der Waals surface area contributed by atoms with Gasteiger partial charge in [-0.25, -0.2) is 0 Å². The number of aliphatic hydroxyl groups is 1. The largest absolute Gasteiger partial charge is 0.388 e. The van der Waals surface area contributed by atoms with Crippen LogP contribution in [-0.4, -0.2) is 11.2 Å². The summed E-state index contributed by atoms with van der Waals surface area (Å²) in [5, 5.41) is 9.69. The zero-order valence-corrected chi connectivity index (χ0v) is 9.01. The third-order valence-corrected chi connectivity index (χ3v) is 2.27. The number of allylic oxidation sites excluding steroid dienone is 2. The van der Waals surface area contributed by atoms with Crippen molar-refractivity contribution in [2.24, 2.45) is 0 Å². The minimum Gasteiger partial charge on any atom is -0.388 e. The van der Waals surface area contributed by atoms with Crippen LogP contribution in [0.5, 0.6) is 0 Å². The lowest BCUT2D eigenvalue weighted by molar-refractivity contribution is 0.203. The maximum atomic E-state index is 9.69. The average molecular weight is 190 g/mol. The van der Waals surface area contributed by atoms with Crippen molar-refractivity contribution in [3.63, 3.8) is 0 Å². The summed E-state index contributed by atoms with van der Waals surface area (Å²) in [5.41, 5.74) is 8.17. The standard InChI is InChI=1S/C13H18O/c1-3-5-11-7-9-12(10-8-11)13(14)6-4-2/h7,9,13-14H,3-6H2,1-2H3. The molecule has 1 atom stereocenters. The van der Waals surface area contributed by atoms with E-state index >= 15 is 0 Å². The fraction of sp³-hybridized carbons (Fsp3) is 0.538. The van der Waals surface area contributed by atoms with Gasteiger partial charge in [-0.2, -0.15) is 0 Å². The van der Waals surface area contributed by atoms with Gasteiger partial charge in [0.05, 0.1) is 6.10 Å².